The van der Waals surface area contributed by atoms with Crippen LogP contribution in [0.1, 0.15) is 37.8 Å². The van der Waals surface area contributed by atoms with E-state index in [9.17, 15) is 14.4 Å². The molecular weight excluding hydrogens is 418 g/mol. The van der Waals surface area contributed by atoms with Gasteiger partial charge in [0, 0.05) is 23.6 Å². The van der Waals surface area contributed by atoms with Gasteiger partial charge in [0.25, 0.3) is 5.56 Å². The second kappa shape index (κ2) is 9.32. The van der Waals surface area contributed by atoms with Crippen LogP contribution in [0.4, 0.5) is 0 Å². The summed E-state index contributed by atoms with van der Waals surface area (Å²) in [6.45, 7) is 4.31. The third-order valence-electron chi connectivity index (χ3n) is 5.74. The maximum atomic E-state index is 13.4. The number of benzene rings is 2. The molecule has 0 bridgehead atoms. The van der Waals surface area contributed by atoms with Crippen LogP contribution < -0.4 is 11.2 Å². The molecule has 2 aromatic heterocycles. The smallest absolute Gasteiger partial charge is 0.331 e. The van der Waals surface area contributed by atoms with Crippen molar-refractivity contribution in [3.63, 3.8) is 0 Å². The molecule has 0 saturated carbocycles. The fraction of sp³-hybridized carbons (Fsp3) is 0.269. The molecule has 0 saturated heterocycles. The quantitative estimate of drug-likeness (QED) is 0.424. The fourth-order valence-corrected chi connectivity index (χ4v) is 4.08. The summed E-state index contributed by atoms with van der Waals surface area (Å²) in [7, 11) is 0. The summed E-state index contributed by atoms with van der Waals surface area (Å²) in [5.74, 6) is -0.585. The Labute approximate surface area is 190 Å². The SMILES string of the molecule is CC(C)CC=Cc1cccc2c1c(=O)n(CCC(=O)O)c(=O)n2Cc1c[nH]c2ccccc12. The predicted molar refractivity (Wildman–Crippen MR) is 131 cm³/mol. The number of fused-ring (bicyclic) bond motifs is 2. The first-order valence-electron chi connectivity index (χ1n) is 11.1. The Morgan fingerprint density at radius 2 is 1.88 bits per heavy atom. The van der Waals surface area contributed by atoms with Crippen molar-refractivity contribution in [1.29, 1.82) is 0 Å². The van der Waals surface area contributed by atoms with Crippen molar-refractivity contribution >= 4 is 33.9 Å². The molecule has 0 fully saturated rings. The topological polar surface area (TPSA) is 97.1 Å². The second-order valence-electron chi connectivity index (χ2n) is 8.60. The Morgan fingerprint density at radius 3 is 2.64 bits per heavy atom. The summed E-state index contributed by atoms with van der Waals surface area (Å²) in [5, 5.41) is 10.6. The number of nitrogens with zero attached hydrogens (tertiary/aromatic N) is 2. The van der Waals surface area contributed by atoms with Crippen molar-refractivity contribution in [1.82, 2.24) is 14.1 Å². The highest BCUT2D eigenvalue weighted by Crippen LogP contribution is 2.21. The first-order chi connectivity index (χ1) is 15.9. The molecule has 0 atom stereocenters. The zero-order chi connectivity index (χ0) is 23.5. The van der Waals surface area contributed by atoms with Gasteiger partial charge in [-0.2, -0.15) is 0 Å². The Morgan fingerprint density at radius 1 is 1.09 bits per heavy atom. The van der Waals surface area contributed by atoms with Crippen LogP contribution in [-0.4, -0.2) is 25.2 Å². The van der Waals surface area contributed by atoms with Gasteiger partial charge in [0.05, 0.1) is 23.9 Å². The predicted octanol–water partition coefficient (Wildman–Crippen LogP) is 4.23. The van der Waals surface area contributed by atoms with Crippen molar-refractivity contribution in [2.45, 2.75) is 39.8 Å². The summed E-state index contributed by atoms with van der Waals surface area (Å²) in [5.41, 5.74) is 2.15. The minimum atomic E-state index is -1.06. The number of allylic oxidation sites excluding steroid dienone is 1. The molecule has 4 aromatic rings. The Hall–Kier alpha value is -3.87. The number of carboxylic acid groups (broad SMARTS) is 1. The van der Waals surface area contributed by atoms with Gasteiger partial charge in [-0.1, -0.05) is 56.3 Å². The molecule has 2 heterocycles. The third-order valence-corrected chi connectivity index (χ3v) is 5.74. The molecule has 0 aliphatic heterocycles. The molecule has 170 valence electrons. The van der Waals surface area contributed by atoms with E-state index in [2.05, 4.69) is 18.8 Å². The lowest BCUT2D eigenvalue weighted by Gasteiger charge is -2.15. The highest BCUT2D eigenvalue weighted by Gasteiger charge is 2.17. The molecule has 0 amide bonds. The molecule has 0 aliphatic carbocycles. The number of para-hydroxylation sites is 1. The van der Waals surface area contributed by atoms with E-state index >= 15 is 0 Å². The number of hydrogen-bond acceptors (Lipinski definition) is 3. The number of rotatable bonds is 8. The molecule has 2 aromatic carbocycles. The van der Waals surface area contributed by atoms with Crippen LogP contribution in [0, 0.1) is 5.92 Å². The summed E-state index contributed by atoms with van der Waals surface area (Å²) < 4.78 is 2.61. The molecule has 0 unspecified atom stereocenters. The maximum Gasteiger partial charge on any atom is 0.331 e. The lowest BCUT2D eigenvalue weighted by molar-refractivity contribution is -0.137. The first-order valence-corrected chi connectivity index (χ1v) is 11.1. The van der Waals surface area contributed by atoms with E-state index in [-0.39, 0.29) is 19.5 Å². The van der Waals surface area contributed by atoms with E-state index in [4.69, 9.17) is 5.11 Å². The molecule has 0 radical (unpaired) electrons. The summed E-state index contributed by atoms with van der Waals surface area (Å²) in [6, 6.07) is 13.3. The monoisotopic (exact) mass is 445 g/mol. The minimum Gasteiger partial charge on any atom is -0.481 e. The van der Waals surface area contributed by atoms with Gasteiger partial charge in [0.15, 0.2) is 0 Å². The highest BCUT2D eigenvalue weighted by atomic mass is 16.4. The van der Waals surface area contributed by atoms with Crippen LogP contribution in [0.15, 0.2) is 64.3 Å². The van der Waals surface area contributed by atoms with Gasteiger partial charge in [-0.05, 0) is 35.6 Å². The zero-order valence-electron chi connectivity index (χ0n) is 18.7. The zero-order valence-corrected chi connectivity index (χ0v) is 18.7. The number of carboxylic acids is 1. The van der Waals surface area contributed by atoms with E-state index in [0.717, 1.165) is 33.0 Å². The number of aromatic nitrogens is 3. The maximum absolute atomic E-state index is 13.4. The molecule has 0 aliphatic rings. The molecule has 7 heteroatoms. The number of carbonyl (C=O) groups is 1. The molecular formula is C26H27N3O4. The van der Waals surface area contributed by atoms with E-state index in [1.54, 1.807) is 10.6 Å². The van der Waals surface area contributed by atoms with Crippen molar-refractivity contribution in [3.8, 4) is 0 Å². The normalized spacial score (nSPS) is 11.8. The molecule has 33 heavy (non-hydrogen) atoms. The van der Waals surface area contributed by atoms with Gasteiger partial charge in [-0.15, -0.1) is 0 Å². The number of aromatic amines is 1. The number of hydrogen-bond donors (Lipinski definition) is 2. The van der Waals surface area contributed by atoms with Gasteiger partial charge in [-0.25, -0.2) is 4.79 Å². The van der Waals surface area contributed by atoms with Crippen LogP contribution >= 0.6 is 0 Å². The lowest BCUT2D eigenvalue weighted by Crippen LogP contribution is -2.41. The average Bonchev–Trinajstić information content (AvgIpc) is 3.19. The molecule has 4 rings (SSSR count). The largest absolute Gasteiger partial charge is 0.481 e. The highest BCUT2D eigenvalue weighted by molar-refractivity contribution is 5.88. The van der Waals surface area contributed by atoms with Crippen LogP contribution in [0.3, 0.4) is 0 Å². The standard InChI is InChI=1S/C26H27N3O4/c1-17(2)7-5-8-18-9-6-12-22-24(18)25(32)28(14-13-23(30)31)26(33)29(22)16-19-15-27-21-11-4-3-10-20(19)21/h3-6,8-12,15,17,27H,7,13-14,16H2,1-2H3,(H,30,31). The van der Waals surface area contributed by atoms with Gasteiger partial charge in [-0.3, -0.25) is 18.7 Å². The second-order valence-corrected chi connectivity index (χ2v) is 8.60. The Kier molecular flexibility index (Phi) is 6.31. The Bertz CT molecular complexity index is 1470. The van der Waals surface area contributed by atoms with E-state index in [1.165, 1.54) is 0 Å². The van der Waals surface area contributed by atoms with Gasteiger partial charge >= 0.3 is 11.7 Å². The molecule has 0 spiro atoms. The van der Waals surface area contributed by atoms with Gasteiger partial charge in [0.2, 0.25) is 0 Å². The molecule has 2 N–H and O–H groups in total. The summed E-state index contributed by atoms with van der Waals surface area (Å²) >= 11 is 0. The number of H-pyrrole nitrogens is 1. The van der Waals surface area contributed by atoms with Crippen LogP contribution in [0.5, 0.6) is 0 Å². The Balaban J connectivity index is 1.94. The van der Waals surface area contributed by atoms with Gasteiger partial charge < -0.3 is 10.1 Å². The van der Waals surface area contributed by atoms with Crippen molar-refractivity contribution < 1.29 is 9.90 Å². The van der Waals surface area contributed by atoms with Crippen LogP contribution in [0.2, 0.25) is 0 Å². The lowest BCUT2D eigenvalue weighted by atomic mass is 10.1. The fourth-order valence-electron chi connectivity index (χ4n) is 4.08. The first kappa shape index (κ1) is 22.3. The van der Waals surface area contributed by atoms with E-state index in [0.29, 0.717) is 16.8 Å². The third kappa shape index (κ3) is 4.53. The van der Waals surface area contributed by atoms with E-state index < -0.39 is 17.2 Å². The van der Waals surface area contributed by atoms with Crippen LogP contribution in [-0.2, 0) is 17.9 Å². The van der Waals surface area contributed by atoms with Crippen molar-refractivity contribution in [2.24, 2.45) is 5.92 Å². The average molecular weight is 446 g/mol. The van der Waals surface area contributed by atoms with Crippen molar-refractivity contribution in [3.05, 3.63) is 86.7 Å². The van der Waals surface area contributed by atoms with Gasteiger partial charge in [0.1, 0.15) is 0 Å². The van der Waals surface area contributed by atoms with E-state index in [1.807, 2.05) is 54.7 Å². The van der Waals surface area contributed by atoms with Crippen LogP contribution in [0.25, 0.3) is 27.9 Å². The van der Waals surface area contributed by atoms with Crippen molar-refractivity contribution in [2.75, 3.05) is 0 Å². The number of nitrogens with one attached hydrogen (secondary N) is 1. The minimum absolute atomic E-state index is 0.180. The molecule has 7 nitrogen and oxygen atoms in total. The summed E-state index contributed by atoms with van der Waals surface area (Å²) in [6.07, 6.45) is 6.35. The number of aliphatic carboxylic acids is 1. The summed E-state index contributed by atoms with van der Waals surface area (Å²) in [4.78, 5) is 41.2.